The van der Waals surface area contributed by atoms with Gasteiger partial charge in [-0.05, 0) is 31.9 Å². The lowest BCUT2D eigenvalue weighted by molar-refractivity contribution is -0.127. The van der Waals surface area contributed by atoms with Crippen molar-refractivity contribution in [3.05, 3.63) is 29.0 Å². The lowest BCUT2D eigenvalue weighted by atomic mass is 9.96. The Morgan fingerprint density at radius 1 is 1.25 bits per heavy atom. The summed E-state index contributed by atoms with van der Waals surface area (Å²) in [5, 5.41) is 5.20. The minimum absolute atomic E-state index is 0.0875. The smallest absolute Gasteiger partial charge is 0.340 e. The van der Waals surface area contributed by atoms with E-state index in [-0.39, 0.29) is 16.8 Å². The largest absolute Gasteiger partial charge is 0.449 e. The van der Waals surface area contributed by atoms with Crippen LogP contribution >= 0.6 is 11.6 Å². The number of pyridine rings is 1. The fraction of sp³-hybridized carbons (Fsp3) is 0.500. The van der Waals surface area contributed by atoms with Gasteiger partial charge in [-0.2, -0.15) is 0 Å². The van der Waals surface area contributed by atoms with Crippen LogP contribution in [0, 0.1) is 0 Å². The van der Waals surface area contributed by atoms with Crippen LogP contribution in [-0.2, 0) is 9.53 Å². The van der Waals surface area contributed by atoms with Crippen LogP contribution in [0.25, 0.3) is 0 Å². The maximum absolute atomic E-state index is 11.9. The topological polar surface area (TPSA) is 97.4 Å². The highest BCUT2D eigenvalue weighted by molar-refractivity contribution is 6.29. The van der Waals surface area contributed by atoms with E-state index in [1.54, 1.807) is 0 Å². The Bertz CT molecular complexity index is 600. The Labute approximate surface area is 145 Å². The second kappa shape index (κ2) is 8.63. The number of hydrogen-bond acceptors (Lipinski definition) is 5. The molecule has 0 aromatic carbocycles. The van der Waals surface area contributed by atoms with E-state index in [1.165, 1.54) is 31.7 Å². The number of nitrogens with zero attached hydrogens (tertiary/aromatic N) is 1. The Morgan fingerprint density at radius 2 is 1.96 bits per heavy atom. The first-order valence-corrected chi connectivity index (χ1v) is 8.27. The molecule has 1 fully saturated rings. The molecular formula is C16H20ClN3O4. The molecule has 1 aromatic heterocycles. The molecule has 1 aliphatic carbocycles. The third-order valence-corrected chi connectivity index (χ3v) is 4.02. The van der Waals surface area contributed by atoms with Gasteiger partial charge in [0, 0.05) is 12.2 Å². The van der Waals surface area contributed by atoms with E-state index in [4.69, 9.17) is 16.3 Å². The molecule has 0 spiro atoms. The van der Waals surface area contributed by atoms with Gasteiger partial charge in [-0.3, -0.25) is 10.1 Å². The number of carbonyl (C=O) groups is 3. The number of imide groups is 1. The van der Waals surface area contributed by atoms with Crippen LogP contribution in [0.3, 0.4) is 0 Å². The molecule has 8 heteroatoms. The van der Waals surface area contributed by atoms with Gasteiger partial charge < -0.3 is 10.1 Å². The maximum Gasteiger partial charge on any atom is 0.340 e. The molecular weight excluding hydrogens is 334 g/mol. The number of amides is 3. The van der Waals surface area contributed by atoms with E-state index in [2.05, 4.69) is 15.6 Å². The van der Waals surface area contributed by atoms with E-state index in [0.717, 1.165) is 25.7 Å². The first-order valence-electron chi connectivity index (χ1n) is 7.89. The fourth-order valence-electron chi connectivity index (χ4n) is 2.46. The van der Waals surface area contributed by atoms with Crippen LogP contribution in [0.15, 0.2) is 18.3 Å². The van der Waals surface area contributed by atoms with E-state index >= 15 is 0 Å². The van der Waals surface area contributed by atoms with Gasteiger partial charge in [-0.25, -0.2) is 14.6 Å². The van der Waals surface area contributed by atoms with Gasteiger partial charge in [0.1, 0.15) is 5.15 Å². The molecule has 0 unspecified atom stereocenters. The molecule has 0 bridgehead atoms. The average Bonchev–Trinajstić information content (AvgIpc) is 2.56. The van der Waals surface area contributed by atoms with Crippen LogP contribution in [-0.4, -0.2) is 35.0 Å². The third-order valence-electron chi connectivity index (χ3n) is 3.79. The van der Waals surface area contributed by atoms with E-state index < -0.39 is 24.0 Å². The fourth-order valence-corrected chi connectivity index (χ4v) is 2.57. The van der Waals surface area contributed by atoms with Crippen molar-refractivity contribution in [1.82, 2.24) is 15.6 Å². The molecule has 130 valence electrons. The summed E-state index contributed by atoms with van der Waals surface area (Å²) in [6.45, 7) is 1.39. The molecule has 2 rings (SSSR count). The predicted molar refractivity (Wildman–Crippen MR) is 87.7 cm³/mol. The zero-order valence-electron chi connectivity index (χ0n) is 13.4. The van der Waals surface area contributed by atoms with Crippen LogP contribution in [0.5, 0.6) is 0 Å². The molecule has 0 aliphatic heterocycles. The number of aromatic nitrogens is 1. The number of urea groups is 1. The van der Waals surface area contributed by atoms with Gasteiger partial charge in [0.2, 0.25) is 0 Å². The first kappa shape index (κ1) is 18.2. The highest BCUT2D eigenvalue weighted by atomic mass is 35.5. The zero-order chi connectivity index (χ0) is 17.5. The van der Waals surface area contributed by atoms with Crippen molar-refractivity contribution in [2.24, 2.45) is 0 Å². The van der Waals surface area contributed by atoms with Crippen LogP contribution < -0.4 is 10.6 Å². The third kappa shape index (κ3) is 5.49. The first-order chi connectivity index (χ1) is 11.5. The van der Waals surface area contributed by atoms with Crippen LogP contribution in [0.4, 0.5) is 4.79 Å². The summed E-state index contributed by atoms with van der Waals surface area (Å²) >= 11 is 5.64. The van der Waals surface area contributed by atoms with Crippen molar-refractivity contribution in [2.45, 2.75) is 51.2 Å². The van der Waals surface area contributed by atoms with E-state index in [1.807, 2.05) is 0 Å². The number of nitrogens with one attached hydrogen (secondary N) is 2. The molecule has 3 amide bonds. The number of rotatable bonds is 4. The molecule has 0 radical (unpaired) electrons. The van der Waals surface area contributed by atoms with Gasteiger partial charge >= 0.3 is 12.0 Å². The van der Waals surface area contributed by atoms with Crippen molar-refractivity contribution in [3.8, 4) is 0 Å². The molecule has 1 atom stereocenters. The summed E-state index contributed by atoms with van der Waals surface area (Å²) < 4.78 is 5.01. The summed E-state index contributed by atoms with van der Waals surface area (Å²) in [6, 6.07) is 2.41. The highest BCUT2D eigenvalue weighted by Crippen LogP contribution is 2.17. The van der Waals surface area contributed by atoms with Crippen LogP contribution in [0.1, 0.15) is 49.4 Å². The lowest BCUT2D eigenvalue weighted by Gasteiger charge is -2.23. The van der Waals surface area contributed by atoms with E-state index in [9.17, 15) is 14.4 Å². The van der Waals surface area contributed by atoms with Gasteiger partial charge in [0.05, 0.1) is 5.56 Å². The van der Waals surface area contributed by atoms with Gasteiger partial charge in [0.25, 0.3) is 5.91 Å². The quantitative estimate of drug-likeness (QED) is 0.640. The molecule has 1 saturated carbocycles. The summed E-state index contributed by atoms with van der Waals surface area (Å²) in [7, 11) is 0. The number of halogens is 1. The van der Waals surface area contributed by atoms with Crippen molar-refractivity contribution in [2.75, 3.05) is 0 Å². The van der Waals surface area contributed by atoms with Crippen molar-refractivity contribution in [1.29, 1.82) is 0 Å². The maximum atomic E-state index is 11.9. The summed E-state index contributed by atoms with van der Waals surface area (Å²) in [6.07, 6.45) is 5.29. The van der Waals surface area contributed by atoms with Gasteiger partial charge in [-0.15, -0.1) is 0 Å². The summed E-state index contributed by atoms with van der Waals surface area (Å²) in [5.41, 5.74) is 0.172. The number of esters is 1. The number of carbonyl (C=O) groups excluding carboxylic acids is 3. The monoisotopic (exact) mass is 353 g/mol. The molecule has 2 N–H and O–H groups in total. The minimum atomic E-state index is -1.11. The zero-order valence-corrected chi connectivity index (χ0v) is 14.1. The molecule has 1 aromatic rings. The summed E-state index contributed by atoms with van der Waals surface area (Å²) in [4.78, 5) is 39.4. The average molecular weight is 354 g/mol. The number of ether oxygens (including phenoxy) is 1. The van der Waals surface area contributed by atoms with Gasteiger partial charge in [-0.1, -0.05) is 30.9 Å². The summed E-state index contributed by atoms with van der Waals surface area (Å²) in [5.74, 6) is -1.40. The Kier molecular flexibility index (Phi) is 6.54. The predicted octanol–water partition coefficient (Wildman–Crippen LogP) is 2.44. The van der Waals surface area contributed by atoms with Crippen molar-refractivity contribution < 1.29 is 19.1 Å². The van der Waals surface area contributed by atoms with Crippen LogP contribution in [0.2, 0.25) is 5.15 Å². The minimum Gasteiger partial charge on any atom is -0.449 e. The Balaban J connectivity index is 1.79. The number of hydrogen-bond donors (Lipinski definition) is 2. The standard InChI is InChI=1S/C16H20ClN3O4/c1-10(24-15(22)11-7-8-13(17)18-9-11)14(21)20-16(23)19-12-5-3-2-4-6-12/h7-10,12H,2-6H2,1H3,(H2,19,20,21,23)/t10-/m1/s1. The second-order valence-corrected chi connectivity index (χ2v) is 6.10. The van der Waals surface area contributed by atoms with E-state index in [0.29, 0.717) is 0 Å². The Hall–Kier alpha value is -2.15. The van der Waals surface area contributed by atoms with Crippen molar-refractivity contribution >= 4 is 29.5 Å². The molecule has 24 heavy (non-hydrogen) atoms. The molecule has 1 heterocycles. The lowest BCUT2D eigenvalue weighted by Crippen LogP contribution is -2.48. The molecule has 7 nitrogen and oxygen atoms in total. The second-order valence-electron chi connectivity index (χ2n) is 5.71. The SMILES string of the molecule is C[C@@H](OC(=O)c1ccc(Cl)nc1)C(=O)NC(=O)NC1CCCCC1. The molecule has 1 aliphatic rings. The molecule has 0 saturated heterocycles. The Morgan fingerprint density at radius 3 is 2.58 bits per heavy atom. The van der Waals surface area contributed by atoms with Crippen molar-refractivity contribution in [3.63, 3.8) is 0 Å². The highest BCUT2D eigenvalue weighted by Gasteiger charge is 2.22. The van der Waals surface area contributed by atoms with Gasteiger partial charge in [0.15, 0.2) is 6.10 Å². The normalized spacial score (nSPS) is 16.1.